The number of halogens is 2. The fraction of sp³-hybridized carbons (Fsp3) is 0.250. The van der Waals surface area contributed by atoms with Crippen LogP contribution < -0.4 is 9.47 Å². The van der Waals surface area contributed by atoms with E-state index in [-0.39, 0.29) is 10.6 Å². The molecule has 0 heterocycles. The van der Waals surface area contributed by atoms with E-state index in [2.05, 4.69) is 15.9 Å². The molecule has 1 unspecified atom stereocenters. The van der Waals surface area contributed by atoms with Crippen LogP contribution in [0.5, 0.6) is 11.5 Å². The van der Waals surface area contributed by atoms with E-state index in [0.717, 1.165) is 11.3 Å². The van der Waals surface area contributed by atoms with Crippen molar-refractivity contribution < 1.29 is 13.9 Å². The summed E-state index contributed by atoms with van der Waals surface area (Å²) >= 11 is 3.55. The lowest BCUT2D eigenvalue weighted by Crippen LogP contribution is -2.01. The molecule has 0 aromatic heterocycles. The number of methoxy groups -OCH3 is 2. The molecule has 2 aromatic carbocycles. The largest absolute Gasteiger partial charge is 0.497 e. The first-order valence-corrected chi connectivity index (χ1v) is 7.16. The molecule has 2 rings (SSSR count). The summed E-state index contributed by atoms with van der Waals surface area (Å²) in [7, 11) is 3.16. The average Bonchev–Trinajstić information content (AvgIpc) is 2.47. The zero-order chi connectivity index (χ0) is 14.5. The molecular formula is C16H16BrFO2. The summed E-state index contributed by atoms with van der Waals surface area (Å²) in [4.78, 5) is -0.121. The van der Waals surface area contributed by atoms with Crippen LogP contribution in [0.25, 0.3) is 0 Å². The minimum absolute atomic E-state index is 0.121. The average molecular weight is 339 g/mol. The van der Waals surface area contributed by atoms with Crippen LogP contribution in [0.15, 0.2) is 42.5 Å². The Morgan fingerprint density at radius 1 is 1.10 bits per heavy atom. The third-order valence-electron chi connectivity index (χ3n) is 3.14. The molecule has 0 radical (unpaired) electrons. The molecule has 0 aliphatic carbocycles. The summed E-state index contributed by atoms with van der Waals surface area (Å²) in [6, 6.07) is 12.6. The second kappa shape index (κ2) is 6.75. The Morgan fingerprint density at radius 3 is 2.50 bits per heavy atom. The molecule has 20 heavy (non-hydrogen) atoms. The van der Waals surface area contributed by atoms with Gasteiger partial charge in [0.25, 0.3) is 0 Å². The van der Waals surface area contributed by atoms with E-state index in [1.165, 1.54) is 13.2 Å². The lowest BCUT2D eigenvalue weighted by Gasteiger charge is -2.14. The molecular weight excluding hydrogens is 323 g/mol. The second-order valence-electron chi connectivity index (χ2n) is 4.37. The summed E-state index contributed by atoms with van der Waals surface area (Å²) in [5.41, 5.74) is 1.64. The van der Waals surface area contributed by atoms with E-state index in [0.29, 0.717) is 17.7 Å². The van der Waals surface area contributed by atoms with Gasteiger partial charge in [-0.05, 0) is 24.1 Å². The quantitative estimate of drug-likeness (QED) is 0.746. The highest BCUT2D eigenvalue weighted by atomic mass is 79.9. The van der Waals surface area contributed by atoms with Gasteiger partial charge in [0.05, 0.1) is 14.2 Å². The van der Waals surface area contributed by atoms with Crippen molar-refractivity contribution in [1.82, 2.24) is 0 Å². The number of ether oxygens (including phenoxy) is 2. The number of benzene rings is 2. The highest BCUT2D eigenvalue weighted by molar-refractivity contribution is 9.09. The van der Waals surface area contributed by atoms with Crippen LogP contribution in [0.1, 0.15) is 16.0 Å². The van der Waals surface area contributed by atoms with E-state index >= 15 is 0 Å². The smallest absolute Gasteiger partial charge is 0.131 e. The fourth-order valence-corrected chi connectivity index (χ4v) is 2.78. The molecule has 1 atom stereocenters. The van der Waals surface area contributed by atoms with Crippen molar-refractivity contribution in [1.29, 1.82) is 0 Å². The molecule has 0 N–H and O–H groups in total. The summed E-state index contributed by atoms with van der Waals surface area (Å²) in [5.74, 6) is 1.05. The van der Waals surface area contributed by atoms with Gasteiger partial charge in [0.2, 0.25) is 0 Å². The van der Waals surface area contributed by atoms with Crippen molar-refractivity contribution in [3.63, 3.8) is 0 Å². The summed E-state index contributed by atoms with van der Waals surface area (Å²) in [5, 5.41) is 0. The molecule has 4 heteroatoms. The van der Waals surface area contributed by atoms with Gasteiger partial charge in [-0.25, -0.2) is 4.39 Å². The first-order valence-electron chi connectivity index (χ1n) is 6.25. The van der Waals surface area contributed by atoms with Crippen molar-refractivity contribution in [2.45, 2.75) is 11.2 Å². The molecule has 0 aliphatic heterocycles. The Kier molecular flexibility index (Phi) is 5.01. The number of alkyl halides is 1. The zero-order valence-electron chi connectivity index (χ0n) is 11.4. The maximum atomic E-state index is 14.0. The van der Waals surface area contributed by atoms with Crippen LogP contribution in [0, 0.1) is 5.82 Å². The molecule has 2 nitrogen and oxygen atoms in total. The molecule has 106 valence electrons. The molecule has 0 aliphatic rings. The van der Waals surface area contributed by atoms with Crippen LogP contribution in [0.4, 0.5) is 4.39 Å². The third kappa shape index (κ3) is 3.31. The normalized spacial score (nSPS) is 12.0. The molecule has 0 fully saturated rings. The van der Waals surface area contributed by atoms with Crippen LogP contribution in [-0.2, 0) is 6.42 Å². The molecule has 2 aromatic rings. The highest BCUT2D eigenvalue weighted by Crippen LogP contribution is 2.33. The van der Waals surface area contributed by atoms with Crippen LogP contribution in [0.2, 0.25) is 0 Å². The van der Waals surface area contributed by atoms with E-state index < -0.39 is 0 Å². The van der Waals surface area contributed by atoms with Gasteiger partial charge in [-0.15, -0.1) is 0 Å². The lowest BCUT2D eigenvalue weighted by molar-refractivity contribution is 0.408. The second-order valence-corrected chi connectivity index (χ2v) is 5.48. The highest BCUT2D eigenvalue weighted by Gasteiger charge is 2.16. The standard InChI is InChI=1S/C16H16BrFO2/c1-19-12-7-8-13(15(18)10-12)14(17)9-11-5-3-4-6-16(11)20-2/h3-8,10,14H,9H2,1-2H3. The lowest BCUT2D eigenvalue weighted by atomic mass is 10.0. The van der Waals surface area contributed by atoms with Crippen molar-refractivity contribution in [3.05, 3.63) is 59.4 Å². The summed E-state index contributed by atoms with van der Waals surface area (Å²) < 4.78 is 24.4. The minimum Gasteiger partial charge on any atom is -0.497 e. The van der Waals surface area contributed by atoms with E-state index in [9.17, 15) is 4.39 Å². The number of hydrogen-bond donors (Lipinski definition) is 0. The van der Waals surface area contributed by atoms with E-state index in [1.807, 2.05) is 24.3 Å². The minimum atomic E-state index is -0.277. The van der Waals surface area contributed by atoms with Crippen molar-refractivity contribution in [3.8, 4) is 11.5 Å². The van der Waals surface area contributed by atoms with Gasteiger partial charge in [0.1, 0.15) is 17.3 Å². The predicted molar refractivity (Wildman–Crippen MR) is 81.3 cm³/mol. The Hall–Kier alpha value is -1.55. The van der Waals surface area contributed by atoms with Crippen molar-refractivity contribution >= 4 is 15.9 Å². The summed E-state index contributed by atoms with van der Waals surface area (Å²) in [6.07, 6.45) is 0.646. The van der Waals surface area contributed by atoms with Gasteiger partial charge in [-0.2, -0.15) is 0 Å². The molecule has 0 saturated heterocycles. The number of rotatable bonds is 5. The maximum Gasteiger partial charge on any atom is 0.131 e. The monoisotopic (exact) mass is 338 g/mol. The molecule has 0 spiro atoms. The Bertz CT molecular complexity index is 586. The fourth-order valence-electron chi connectivity index (χ4n) is 2.06. The Balaban J connectivity index is 2.21. The first-order chi connectivity index (χ1) is 9.65. The number of hydrogen-bond acceptors (Lipinski definition) is 2. The van der Waals surface area contributed by atoms with Gasteiger partial charge in [-0.1, -0.05) is 40.2 Å². The van der Waals surface area contributed by atoms with E-state index in [4.69, 9.17) is 9.47 Å². The molecule has 0 bridgehead atoms. The topological polar surface area (TPSA) is 18.5 Å². The first kappa shape index (κ1) is 14.9. The van der Waals surface area contributed by atoms with E-state index in [1.54, 1.807) is 19.2 Å². The van der Waals surface area contributed by atoms with Gasteiger partial charge in [-0.3, -0.25) is 0 Å². The van der Waals surface area contributed by atoms with Gasteiger partial charge >= 0.3 is 0 Å². The van der Waals surface area contributed by atoms with Crippen LogP contribution in [0.3, 0.4) is 0 Å². The maximum absolute atomic E-state index is 14.0. The summed E-state index contributed by atoms with van der Waals surface area (Å²) in [6.45, 7) is 0. The SMILES string of the molecule is COc1ccc(C(Br)Cc2ccccc2OC)c(F)c1. The van der Waals surface area contributed by atoms with Crippen LogP contribution >= 0.6 is 15.9 Å². The van der Waals surface area contributed by atoms with Crippen molar-refractivity contribution in [2.75, 3.05) is 14.2 Å². The predicted octanol–water partition coefficient (Wildman–Crippen LogP) is 4.52. The zero-order valence-corrected chi connectivity index (χ0v) is 13.0. The molecule has 0 saturated carbocycles. The Morgan fingerprint density at radius 2 is 1.85 bits per heavy atom. The van der Waals surface area contributed by atoms with Crippen molar-refractivity contribution in [2.24, 2.45) is 0 Å². The number of para-hydroxylation sites is 1. The van der Waals surface area contributed by atoms with Gasteiger partial charge < -0.3 is 9.47 Å². The van der Waals surface area contributed by atoms with Gasteiger partial charge in [0.15, 0.2) is 0 Å². The third-order valence-corrected chi connectivity index (χ3v) is 3.95. The Labute approximate surface area is 126 Å². The molecule has 0 amide bonds. The van der Waals surface area contributed by atoms with Crippen LogP contribution in [-0.4, -0.2) is 14.2 Å². The van der Waals surface area contributed by atoms with Gasteiger partial charge in [0, 0.05) is 16.5 Å².